The first kappa shape index (κ1) is 11.4. The van der Waals surface area contributed by atoms with Crippen molar-refractivity contribution in [2.75, 3.05) is 0 Å². The Morgan fingerprint density at radius 3 is 2.65 bits per heavy atom. The summed E-state index contributed by atoms with van der Waals surface area (Å²) >= 11 is 0. The summed E-state index contributed by atoms with van der Waals surface area (Å²) in [4.78, 5) is 19.5. The summed E-state index contributed by atoms with van der Waals surface area (Å²) in [5.41, 5.74) is 2.06. The zero-order chi connectivity index (χ0) is 12.3. The van der Waals surface area contributed by atoms with Gasteiger partial charge in [0.15, 0.2) is 5.78 Å². The van der Waals surface area contributed by atoms with E-state index < -0.39 is 0 Å². The highest BCUT2D eigenvalue weighted by molar-refractivity contribution is 5.97. The second-order valence-corrected chi connectivity index (χ2v) is 3.80. The number of carbonyl (C=O) groups is 1. The number of rotatable bonds is 3. The zero-order valence-corrected chi connectivity index (χ0v) is 9.35. The van der Waals surface area contributed by atoms with Crippen LogP contribution in [0.3, 0.4) is 0 Å². The number of hydrogen-bond acceptors (Lipinski definition) is 3. The van der Waals surface area contributed by atoms with Crippen LogP contribution < -0.4 is 0 Å². The molecule has 0 radical (unpaired) electrons. The lowest BCUT2D eigenvalue weighted by atomic mass is 10.0. The van der Waals surface area contributed by atoms with Crippen LogP contribution in [0.25, 0.3) is 0 Å². The maximum Gasteiger partial charge on any atom is 0.170 e. The van der Waals surface area contributed by atoms with Gasteiger partial charge in [0, 0.05) is 18.8 Å². The lowest BCUT2D eigenvalue weighted by Gasteiger charge is -2.04. The van der Waals surface area contributed by atoms with Crippen molar-refractivity contribution in [2.45, 2.75) is 13.3 Å². The fourth-order valence-electron chi connectivity index (χ4n) is 1.58. The third kappa shape index (κ3) is 2.72. The van der Waals surface area contributed by atoms with E-state index in [2.05, 4.69) is 9.97 Å². The van der Waals surface area contributed by atoms with Gasteiger partial charge in [0.1, 0.15) is 12.1 Å². The van der Waals surface area contributed by atoms with Crippen molar-refractivity contribution in [3.8, 4) is 0 Å². The number of Topliss-reactive ketones (excluding diaryl/α,β-unsaturated/α-hetero) is 1. The molecule has 2 aromatic rings. The second-order valence-electron chi connectivity index (χ2n) is 3.80. The molecule has 1 aromatic heterocycles. The summed E-state index contributed by atoms with van der Waals surface area (Å²) in [5, 5.41) is 0. The van der Waals surface area contributed by atoms with Crippen LogP contribution in [0.2, 0.25) is 0 Å². The van der Waals surface area contributed by atoms with E-state index in [-0.39, 0.29) is 18.0 Å². The van der Waals surface area contributed by atoms with Crippen molar-refractivity contribution < 1.29 is 9.18 Å². The second kappa shape index (κ2) is 4.82. The predicted molar refractivity (Wildman–Crippen MR) is 61.2 cm³/mol. The van der Waals surface area contributed by atoms with Gasteiger partial charge in [0.25, 0.3) is 0 Å². The van der Waals surface area contributed by atoms with E-state index in [0.29, 0.717) is 5.56 Å². The maximum absolute atomic E-state index is 12.9. The first-order valence-electron chi connectivity index (χ1n) is 5.20. The molecule has 4 heteroatoms. The molecule has 2 rings (SSSR count). The summed E-state index contributed by atoms with van der Waals surface area (Å²) in [6.45, 7) is 1.78. The molecule has 86 valence electrons. The molecule has 3 nitrogen and oxygen atoms in total. The van der Waals surface area contributed by atoms with E-state index >= 15 is 0 Å². The van der Waals surface area contributed by atoms with Crippen LogP contribution in [0.15, 0.2) is 36.9 Å². The molecule has 1 aromatic carbocycles. The van der Waals surface area contributed by atoms with E-state index in [9.17, 15) is 9.18 Å². The highest BCUT2D eigenvalue weighted by Gasteiger charge is 2.09. The number of benzene rings is 1. The van der Waals surface area contributed by atoms with Crippen LogP contribution in [0.4, 0.5) is 4.39 Å². The maximum atomic E-state index is 12.9. The van der Waals surface area contributed by atoms with Crippen LogP contribution >= 0.6 is 0 Å². The standard InChI is InChI=1S/C13H11FN2O/c1-9-4-12(14)3-2-10(9)5-13(17)11-6-15-8-16-7-11/h2-4,6-8H,5H2,1H3. The minimum atomic E-state index is -0.290. The van der Waals surface area contributed by atoms with Gasteiger partial charge in [-0.25, -0.2) is 14.4 Å². The minimum absolute atomic E-state index is 0.0692. The normalized spacial score (nSPS) is 10.2. The Hall–Kier alpha value is -2.10. The number of halogens is 1. The molecule has 1 heterocycles. The van der Waals surface area contributed by atoms with Crippen LogP contribution in [-0.2, 0) is 6.42 Å². The number of hydrogen-bond donors (Lipinski definition) is 0. The Morgan fingerprint density at radius 2 is 2.00 bits per heavy atom. The van der Waals surface area contributed by atoms with Gasteiger partial charge in [-0.3, -0.25) is 4.79 Å². The number of ketones is 1. The lowest BCUT2D eigenvalue weighted by molar-refractivity contribution is 0.0992. The highest BCUT2D eigenvalue weighted by atomic mass is 19.1. The number of aryl methyl sites for hydroxylation is 1. The Morgan fingerprint density at radius 1 is 1.29 bits per heavy atom. The minimum Gasteiger partial charge on any atom is -0.294 e. The third-order valence-corrected chi connectivity index (χ3v) is 2.54. The fraction of sp³-hybridized carbons (Fsp3) is 0.154. The first-order valence-corrected chi connectivity index (χ1v) is 5.20. The average molecular weight is 230 g/mol. The Bertz CT molecular complexity index is 540. The van der Waals surface area contributed by atoms with Crippen molar-refractivity contribution in [2.24, 2.45) is 0 Å². The van der Waals surface area contributed by atoms with Gasteiger partial charge in [0.05, 0.1) is 5.56 Å². The lowest BCUT2D eigenvalue weighted by Crippen LogP contribution is -2.05. The molecule has 0 atom stereocenters. The topological polar surface area (TPSA) is 42.9 Å². The molecule has 0 unspecified atom stereocenters. The summed E-state index contributed by atoms with van der Waals surface area (Å²) in [6, 6.07) is 4.41. The molecule has 0 N–H and O–H groups in total. The van der Waals surface area contributed by atoms with Crippen molar-refractivity contribution in [3.05, 3.63) is 59.4 Å². The third-order valence-electron chi connectivity index (χ3n) is 2.54. The van der Waals surface area contributed by atoms with Crippen molar-refractivity contribution in [3.63, 3.8) is 0 Å². The van der Waals surface area contributed by atoms with Gasteiger partial charge in [-0.15, -0.1) is 0 Å². The zero-order valence-electron chi connectivity index (χ0n) is 9.35. The van der Waals surface area contributed by atoms with Crippen LogP contribution in [-0.4, -0.2) is 15.8 Å². The number of aromatic nitrogens is 2. The fourth-order valence-corrected chi connectivity index (χ4v) is 1.58. The van der Waals surface area contributed by atoms with E-state index in [1.807, 2.05) is 0 Å². The molecule has 0 amide bonds. The van der Waals surface area contributed by atoms with Gasteiger partial charge in [-0.1, -0.05) is 6.07 Å². The monoisotopic (exact) mass is 230 g/mol. The quantitative estimate of drug-likeness (QED) is 0.760. The summed E-state index contributed by atoms with van der Waals surface area (Å²) < 4.78 is 12.9. The SMILES string of the molecule is Cc1cc(F)ccc1CC(=O)c1cncnc1. The molecule has 0 aliphatic rings. The molecule has 17 heavy (non-hydrogen) atoms. The molecule has 0 spiro atoms. The molecule has 0 aliphatic heterocycles. The Balaban J connectivity index is 2.19. The predicted octanol–water partition coefficient (Wildman–Crippen LogP) is 2.35. The van der Waals surface area contributed by atoms with E-state index in [0.717, 1.165) is 11.1 Å². The highest BCUT2D eigenvalue weighted by Crippen LogP contribution is 2.12. The number of nitrogens with zero attached hydrogens (tertiary/aromatic N) is 2. The number of carbonyl (C=O) groups excluding carboxylic acids is 1. The molecule has 0 bridgehead atoms. The Labute approximate surface area is 98.3 Å². The largest absolute Gasteiger partial charge is 0.294 e. The molecule has 0 fully saturated rings. The van der Waals surface area contributed by atoms with Crippen molar-refractivity contribution in [1.82, 2.24) is 9.97 Å². The van der Waals surface area contributed by atoms with Gasteiger partial charge in [0.2, 0.25) is 0 Å². The van der Waals surface area contributed by atoms with Crippen LogP contribution in [0.5, 0.6) is 0 Å². The smallest absolute Gasteiger partial charge is 0.170 e. The van der Waals surface area contributed by atoms with Crippen molar-refractivity contribution in [1.29, 1.82) is 0 Å². The average Bonchev–Trinajstić information content (AvgIpc) is 2.34. The van der Waals surface area contributed by atoms with E-state index in [1.54, 1.807) is 13.0 Å². The van der Waals surface area contributed by atoms with E-state index in [4.69, 9.17) is 0 Å². The molecular weight excluding hydrogens is 219 g/mol. The molecule has 0 aliphatic carbocycles. The molecular formula is C13H11FN2O. The van der Waals surface area contributed by atoms with E-state index in [1.165, 1.54) is 30.9 Å². The van der Waals surface area contributed by atoms with Crippen LogP contribution in [0.1, 0.15) is 21.5 Å². The Kier molecular flexibility index (Phi) is 3.23. The van der Waals surface area contributed by atoms with Crippen molar-refractivity contribution >= 4 is 5.78 Å². The summed E-state index contributed by atoms with van der Waals surface area (Å²) in [7, 11) is 0. The first-order chi connectivity index (χ1) is 8.16. The molecule has 0 saturated carbocycles. The van der Waals surface area contributed by atoms with Crippen LogP contribution in [0, 0.1) is 12.7 Å². The van der Waals surface area contributed by atoms with Gasteiger partial charge in [-0.2, -0.15) is 0 Å². The molecule has 0 saturated heterocycles. The van der Waals surface area contributed by atoms with Gasteiger partial charge < -0.3 is 0 Å². The summed E-state index contributed by atoms with van der Waals surface area (Å²) in [5.74, 6) is -0.359. The van der Waals surface area contributed by atoms with Gasteiger partial charge in [-0.05, 0) is 30.2 Å². The summed E-state index contributed by atoms with van der Waals surface area (Å²) in [6.07, 6.45) is 4.57. The van der Waals surface area contributed by atoms with Gasteiger partial charge >= 0.3 is 0 Å².